The largest absolute Gasteiger partial charge is 0.450 e. The number of amides is 1. The number of alkyl carbamates (subject to hydrolysis) is 1. The van der Waals surface area contributed by atoms with Gasteiger partial charge in [-0.2, -0.15) is 0 Å². The molecule has 0 aromatic heterocycles. The van der Waals surface area contributed by atoms with E-state index in [-0.39, 0.29) is 5.78 Å². The van der Waals surface area contributed by atoms with Gasteiger partial charge in [0.2, 0.25) is 0 Å². The summed E-state index contributed by atoms with van der Waals surface area (Å²) in [5.41, 5.74) is 0. The minimum Gasteiger partial charge on any atom is -0.450 e. The highest BCUT2D eigenvalue weighted by Crippen LogP contribution is 1.97. The van der Waals surface area contributed by atoms with Gasteiger partial charge in [0.05, 0.1) is 12.6 Å². The van der Waals surface area contributed by atoms with Crippen LogP contribution in [0.4, 0.5) is 4.79 Å². The smallest absolute Gasteiger partial charge is 0.407 e. The molecule has 0 bridgehead atoms. The van der Waals surface area contributed by atoms with Crippen molar-refractivity contribution in [2.24, 2.45) is 0 Å². The zero-order valence-electron chi connectivity index (χ0n) is 10.7. The summed E-state index contributed by atoms with van der Waals surface area (Å²) in [7, 11) is -0.969. The zero-order chi connectivity index (χ0) is 13.3. The summed E-state index contributed by atoms with van der Waals surface area (Å²) in [5, 5.41) is 2.49. The first kappa shape index (κ1) is 16.1. The Morgan fingerprint density at radius 3 is 2.53 bits per heavy atom. The summed E-state index contributed by atoms with van der Waals surface area (Å²) in [5.74, 6) is 0.238. The number of rotatable bonds is 8. The average molecular weight is 263 g/mol. The minimum absolute atomic E-state index is 0.150. The molecule has 0 spiro atoms. The van der Waals surface area contributed by atoms with Crippen LogP contribution in [0.1, 0.15) is 33.1 Å². The summed E-state index contributed by atoms with van der Waals surface area (Å²) in [6.07, 6.45) is 3.11. The number of nitrogens with one attached hydrogen (secondary N) is 1. The van der Waals surface area contributed by atoms with Crippen molar-refractivity contribution in [3.8, 4) is 0 Å². The van der Waals surface area contributed by atoms with Crippen molar-refractivity contribution in [2.75, 3.05) is 18.6 Å². The molecule has 5 nitrogen and oxygen atoms in total. The van der Waals surface area contributed by atoms with Gasteiger partial charge in [0.1, 0.15) is 0 Å². The topological polar surface area (TPSA) is 72.5 Å². The molecule has 100 valence electrons. The van der Waals surface area contributed by atoms with Gasteiger partial charge in [-0.05, 0) is 19.8 Å². The van der Waals surface area contributed by atoms with Crippen LogP contribution < -0.4 is 5.32 Å². The Labute approximate surface area is 105 Å². The normalized spacial score (nSPS) is 13.8. The quantitative estimate of drug-likeness (QED) is 0.669. The first-order valence-electron chi connectivity index (χ1n) is 5.71. The minimum atomic E-state index is -0.969. The predicted molar refractivity (Wildman–Crippen MR) is 67.4 cm³/mol. The van der Waals surface area contributed by atoms with Gasteiger partial charge in [-0.1, -0.05) is 13.3 Å². The van der Waals surface area contributed by atoms with Crippen molar-refractivity contribution in [1.82, 2.24) is 5.32 Å². The van der Waals surface area contributed by atoms with Gasteiger partial charge < -0.3 is 10.1 Å². The van der Waals surface area contributed by atoms with E-state index in [1.165, 1.54) is 6.92 Å². The van der Waals surface area contributed by atoms with Crippen LogP contribution in [-0.2, 0) is 20.3 Å². The predicted octanol–water partition coefficient (Wildman–Crippen LogP) is 1.24. The molecule has 1 amide bonds. The summed E-state index contributed by atoms with van der Waals surface area (Å²) in [6, 6.07) is -0.604. The first-order valence-corrected chi connectivity index (χ1v) is 7.43. The molecule has 0 aromatic rings. The molecule has 2 atom stereocenters. The molecule has 0 fully saturated rings. The van der Waals surface area contributed by atoms with Crippen LogP contribution >= 0.6 is 0 Å². The second kappa shape index (κ2) is 9.15. The number of carbonyl (C=O) groups is 2. The number of ketones is 1. The molecule has 0 saturated heterocycles. The Bertz CT molecular complexity index is 281. The molecule has 17 heavy (non-hydrogen) atoms. The van der Waals surface area contributed by atoms with Crippen LogP contribution in [-0.4, -0.2) is 40.7 Å². The van der Waals surface area contributed by atoms with Gasteiger partial charge in [0.25, 0.3) is 0 Å². The van der Waals surface area contributed by atoms with Crippen LogP contribution in [0.2, 0.25) is 0 Å². The zero-order valence-corrected chi connectivity index (χ0v) is 11.5. The van der Waals surface area contributed by atoms with Crippen molar-refractivity contribution in [1.29, 1.82) is 0 Å². The van der Waals surface area contributed by atoms with E-state index >= 15 is 0 Å². The molecule has 0 heterocycles. The Morgan fingerprint density at radius 1 is 1.41 bits per heavy atom. The lowest BCUT2D eigenvalue weighted by atomic mass is 10.1. The summed E-state index contributed by atoms with van der Waals surface area (Å²) < 4.78 is 15.8. The third kappa shape index (κ3) is 8.85. The fourth-order valence-corrected chi connectivity index (χ4v) is 1.72. The maximum absolute atomic E-state index is 11.3. The van der Waals surface area contributed by atoms with E-state index < -0.39 is 22.9 Å². The molecule has 0 aliphatic carbocycles. The third-order valence-corrected chi connectivity index (χ3v) is 3.02. The molecule has 0 aromatic carbocycles. The molecule has 0 aliphatic heterocycles. The van der Waals surface area contributed by atoms with Crippen molar-refractivity contribution < 1.29 is 18.5 Å². The Hall–Kier alpha value is -0.910. The first-order chi connectivity index (χ1) is 7.97. The summed E-state index contributed by atoms with van der Waals surface area (Å²) >= 11 is 0. The van der Waals surface area contributed by atoms with Crippen molar-refractivity contribution in [3.05, 3.63) is 0 Å². The lowest BCUT2D eigenvalue weighted by molar-refractivity contribution is -0.118. The van der Waals surface area contributed by atoms with E-state index in [4.69, 9.17) is 4.74 Å². The third-order valence-electron chi connectivity index (χ3n) is 2.21. The highest BCUT2D eigenvalue weighted by atomic mass is 32.2. The highest BCUT2D eigenvalue weighted by molar-refractivity contribution is 7.84. The lowest BCUT2D eigenvalue weighted by Crippen LogP contribution is -2.41. The Morgan fingerprint density at radius 2 is 2.06 bits per heavy atom. The van der Waals surface area contributed by atoms with E-state index in [1.807, 2.05) is 6.92 Å². The molecule has 1 N–H and O–H groups in total. The summed E-state index contributed by atoms with van der Waals surface area (Å²) in [4.78, 5) is 22.6. The molecule has 6 heteroatoms. The second-order valence-corrected chi connectivity index (χ2v) is 5.42. The molecule has 0 aliphatic rings. The van der Waals surface area contributed by atoms with Gasteiger partial charge in [-0.25, -0.2) is 4.79 Å². The number of carbonyl (C=O) groups excluding carboxylic acids is 2. The standard InChI is InChI=1S/C11H21NO4S/c1-4-5-7-16-11(14)12-10(9(2)13)6-8-17(3)15/h10H,4-8H2,1-3H3,(H,12,14). The van der Waals surface area contributed by atoms with E-state index in [0.29, 0.717) is 18.8 Å². The van der Waals surface area contributed by atoms with Crippen molar-refractivity contribution >= 4 is 22.7 Å². The number of hydrogen-bond acceptors (Lipinski definition) is 4. The number of unbranched alkanes of at least 4 members (excludes halogenated alkanes) is 1. The van der Waals surface area contributed by atoms with Crippen LogP contribution in [0.3, 0.4) is 0 Å². The van der Waals surface area contributed by atoms with E-state index in [1.54, 1.807) is 6.26 Å². The van der Waals surface area contributed by atoms with Crippen LogP contribution in [0, 0.1) is 0 Å². The summed E-state index contributed by atoms with van der Waals surface area (Å²) in [6.45, 7) is 3.75. The molecular formula is C11H21NO4S. The maximum Gasteiger partial charge on any atom is 0.407 e. The molecule has 0 rings (SSSR count). The number of ether oxygens (including phenoxy) is 1. The molecule has 0 saturated carbocycles. The van der Waals surface area contributed by atoms with Gasteiger partial charge in [-0.3, -0.25) is 9.00 Å². The monoisotopic (exact) mass is 263 g/mol. The Balaban J connectivity index is 4.02. The Kier molecular flexibility index (Phi) is 8.66. The molecular weight excluding hydrogens is 242 g/mol. The number of Topliss-reactive ketones (excluding diaryl/α,β-unsaturated/α-hetero) is 1. The fraction of sp³-hybridized carbons (Fsp3) is 0.818. The van der Waals surface area contributed by atoms with Crippen molar-refractivity contribution in [3.63, 3.8) is 0 Å². The molecule has 2 unspecified atom stereocenters. The number of hydrogen-bond donors (Lipinski definition) is 1. The van der Waals surface area contributed by atoms with E-state index in [2.05, 4.69) is 5.32 Å². The van der Waals surface area contributed by atoms with Crippen LogP contribution in [0.15, 0.2) is 0 Å². The van der Waals surface area contributed by atoms with Gasteiger partial charge >= 0.3 is 6.09 Å². The average Bonchev–Trinajstić information content (AvgIpc) is 2.23. The van der Waals surface area contributed by atoms with Gasteiger partial charge in [0.15, 0.2) is 5.78 Å². The van der Waals surface area contributed by atoms with Crippen molar-refractivity contribution in [2.45, 2.75) is 39.2 Å². The van der Waals surface area contributed by atoms with E-state index in [9.17, 15) is 13.8 Å². The fourth-order valence-electron chi connectivity index (χ4n) is 1.15. The van der Waals surface area contributed by atoms with Gasteiger partial charge in [-0.15, -0.1) is 0 Å². The van der Waals surface area contributed by atoms with Gasteiger partial charge in [0, 0.05) is 22.8 Å². The lowest BCUT2D eigenvalue weighted by Gasteiger charge is -2.15. The second-order valence-electron chi connectivity index (χ2n) is 3.86. The molecule has 0 radical (unpaired) electrons. The highest BCUT2D eigenvalue weighted by Gasteiger charge is 2.17. The SMILES string of the molecule is CCCCOC(=O)NC(CCS(C)=O)C(C)=O. The maximum atomic E-state index is 11.3. The van der Waals surface area contributed by atoms with Crippen LogP contribution in [0.25, 0.3) is 0 Å². The van der Waals surface area contributed by atoms with Crippen LogP contribution in [0.5, 0.6) is 0 Å². The van der Waals surface area contributed by atoms with E-state index in [0.717, 1.165) is 12.8 Å².